The van der Waals surface area contributed by atoms with Gasteiger partial charge in [0.2, 0.25) is 0 Å². The molecule has 1 aromatic carbocycles. The molecule has 1 aliphatic heterocycles. The van der Waals surface area contributed by atoms with Crippen LogP contribution in [0.3, 0.4) is 0 Å². The van der Waals surface area contributed by atoms with Crippen LogP contribution >= 0.6 is 0 Å². The van der Waals surface area contributed by atoms with Crippen molar-refractivity contribution < 1.29 is 41.2 Å². The van der Waals surface area contributed by atoms with Crippen LogP contribution in [0.2, 0.25) is 0 Å². The average Bonchev–Trinajstić information content (AvgIpc) is 3.66. The second-order valence-electron chi connectivity index (χ2n) is 11.9. The largest absolute Gasteiger partial charge is 0.598 e. The number of ether oxygens (including phenoxy) is 2. The molecule has 9 nitrogen and oxygen atoms in total. The van der Waals surface area contributed by atoms with E-state index in [4.69, 9.17) is 4.74 Å². The number of carbonyl (C=O) groups excluding carboxylic acids is 2. The van der Waals surface area contributed by atoms with Crippen molar-refractivity contribution in [2.75, 3.05) is 25.5 Å². The normalized spacial score (nSPS) is 21.3. The highest BCUT2D eigenvalue weighted by atomic mass is 32.2. The molecule has 1 aliphatic carbocycles. The number of pyridine rings is 1. The Kier molecular flexibility index (Phi) is 9.64. The van der Waals surface area contributed by atoms with E-state index in [1.54, 1.807) is 24.5 Å². The quantitative estimate of drug-likeness (QED) is 0.198. The van der Waals surface area contributed by atoms with Crippen molar-refractivity contribution >= 4 is 29.2 Å². The van der Waals surface area contributed by atoms with Gasteiger partial charge < -0.3 is 18.9 Å². The highest BCUT2D eigenvalue weighted by molar-refractivity contribution is 7.90. The SMILES string of the molecule is COC1(C(F)(F)F)CCN(C(=O)OC(=O)Nc2cc(C(CCC3CC3)(N[S@+]([O-])C(C)(C)C)c3ccncc3)ccc2F)C1. The second kappa shape index (κ2) is 12.6. The van der Waals surface area contributed by atoms with Gasteiger partial charge in [-0.3, -0.25) is 10.3 Å². The number of hydrogen-bond donors (Lipinski definition) is 2. The van der Waals surface area contributed by atoms with Crippen molar-refractivity contribution in [2.45, 2.75) is 74.9 Å². The Morgan fingerprint density at radius 3 is 2.37 bits per heavy atom. The Morgan fingerprint density at radius 2 is 1.81 bits per heavy atom. The molecular formula is C29H36F4N4O5S. The molecule has 2 N–H and O–H groups in total. The number of benzene rings is 1. The molecule has 14 heteroatoms. The van der Waals surface area contributed by atoms with Gasteiger partial charge in [0.25, 0.3) is 0 Å². The van der Waals surface area contributed by atoms with Crippen LogP contribution in [0.1, 0.15) is 64.0 Å². The molecule has 2 fully saturated rings. The maximum atomic E-state index is 15.0. The summed E-state index contributed by atoms with van der Waals surface area (Å²) in [6.07, 6.45) is -1.30. The third kappa shape index (κ3) is 7.41. The molecule has 2 heterocycles. The van der Waals surface area contributed by atoms with Crippen molar-refractivity contribution in [1.29, 1.82) is 0 Å². The predicted molar refractivity (Wildman–Crippen MR) is 152 cm³/mol. The van der Waals surface area contributed by atoms with E-state index in [2.05, 4.69) is 19.8 Å². The van der Waals surface area contributed by atoms with E-state index in [0.717, 1.165) is 38.0 Å². The van der Waals surface area contributed by atoms with E-state index >= 15 is 4.39 Å². The number of aromatic nitrogens is 1. The Labute approximate surface area is 251 Å². The lowest BCUT2D eigenvalue weighted by Gasteiger charge is -2.38. The predicted octanol–water partition coefficient (Wildman–Crippen LogP) is 6.03. The van der Waals surface area contributed by atoms with Crippen molar-refractivity contribution in [3.8, 4) is 0 Å². The van der Waals surface area contributed by atoms with Crippen LogP contribution in [-0.2, 0) is 26.4 Å². The van der Waals surface area contributed by atoms with Crippen LogP contribution < -0.4 is 10.0 Å². The molecule has 1 saturated heterocycles. The lowest BCUT2D eigenvalue weighted by molar-refractivity contribution is -0.263. The van der Waals surface area contributed by atoms with Gasteiger partial charge in [-0.15, -0.1) is 4.72 Å². The summed E-state index contributed by atoms with van der Waals surface area (Å²) in [5, 5.41) is 2.20. The summed E-state index contributed by atoms with van der Waals surface area (Å²) in [4.78, 5) is 30.0. The number of nitrogens with zero attached hydrogens (tertiary/aromatic N) is 2. The minimum absolute atomic E-state index is 0.327. The molecule has 2 aromatic rings. The van der Waals surface area contributed by atoms with Gasteiger partial charge >= 0.3 is 18.4 Å². The Morgan fingerprint density at radius 1 is 1.14 bits per heavy atom. The van der Waals surface area contributed by atoms with Crippen molar-refractivity contribution in [3.05, 3.63) is 59.7 Å². The summed E-state index contributed by atoms with van der Waals surface area (Å²) in [5.41, 5.74) is -2.73. The molecule has 4 rings (SSSR count). The minimum atomic E-state index is -4.74. The Hall–Kier alpha value is -2.94. The Bertz CT molecular complexity index is 1310. The molecule has 1 saturated carbocycles. The molecule has 2 aliphatic rings. The smallest absolute Gasteiger partial charge is 0.420 e. The number of nitrogens with one attached hydrogen (secondary N) is 2. The molecule has 43 heavy (non-hydrogen) atoms. The lowest BCUT2D eigenvalue weighted by atomic mass is 9.79. The summed E-state index contributed by atoms with van der Waals surface area (Å²) >= 11 is -1.56. The monoisotopic (exact) mass is 628 g/mol. The molecule has 0 spiro atoms. The van der Waals surface area contributed by atoms with Gasteiger partial charge in [0, 0.05) is 43.8 Å². The molecule has 1 aromatic heterocycles. The number of halogens is 4. The van der Waals surface area contributed by atoms with Gasteiger partial charge in [-0.1, -0.05) is 18.9 Å². The van der Waals surface area contributed by atoms with Crippen molar-refractivity contribution in [1.82, 2.24) is 14.6 Å². The molecule has 0 bridgehead atoms. The van der Waals surface area contributed by atoms with E-state index in [9.17, 15) is 27.3 Å². The average molecular weight is 629 g/mol. The number of amides is 2. The molecular weight excluding hydrogens is 592 g/mol. The van der Waals surface area contributed by atoms with E-state index in [0.29, 0.717) is 22.8 Å². The van der Waals surface area contributed by atoms with Crippen LogP contribution in [0.5, 0.6) is 0 Å². The van der Waals surface area contributed by atoms with Crippen LogP contribution in [0, 0.1) is 11.7 Å². The summed E-state index contributed by atoms with van der Waals surface area (Å²) < 4.78 is 81.0. The summed E-state index contributed by atoms with van der Waals surface area (Å²) in [6.45, 7) is 4.27. The van der Waals surface area contributed by atoms with E-state index in [-0.39, 0.29) is 12.2 Å². The molecule has 0 radical (unpaired) electrons. The highest BCUT2D eigenvalue weighted by Crippen LogP contribution is 2.43. The van der Waals surface area contributed by atoms with Gasteiger partial charge in [-0.25, -0.2) is 14.0 Å². The van der Waals surface area contributed by atoms with Gasteiger partial charge in [0.1, 0.15) is 16.1 Å². The van der Waals surface area contributed by atoms with Gasteiger partial charge in [0.05, 0.1) is 12.2 Å². The fraction of sp³-hybridized carbons (Fsp3) is 0.552. The van der Waals surface area contributed by atoms with Gasteiger partial charge in [-0.05, 0) is 74.9 Å². The third-order valence-corrected chi connectivity index (χ3v) is 9.54. The molecule has 3 atom stereocenters. The third-order valence-electron chi connectivity index (χ3n) is 7.89. The van der Waals surface area contributed by atoms with Gasteiger partial charge in [-0.2, -0.15) is 13.2 Å². The zero-order valence-electron chi connectivity index (χ0n) is 24.4. The fourth-order valence-electron chi connectivity index (χ4n) is 5.02. The number of likely N-dealkylation sites (tertiary alicyclic amines) is 1. The van der Waals surface area contributed by atoms with Crippen molar-refractivity contribution in [3.63, 3.8) is 0 Å². The first-order valence-electron chi connectivity index (χ1n) is 13.9. The van der Waals surface area contributed by atoms with E-state index < -0.39 is 64.4 Å². The minimum Gasteiger partial charge on any atom is -0.598 e. The van der Waals surface area contributed by atoms with Crippen LogP contribution in [0.25, 0.3) is 0 Å². The lowest BCUT2D eigenvalue weighted by Crippen LogP contribution is -2.52. The van der Waals surface area contributed by atoms with Crippen LogP contribution in [0.4, 0.5) is 32.8 Å². The number of anilines is 1. The topological polar surface area (TPSA) is 116 Å². The zero-order chi connectivity index (χ0) is 31.6. The first kappa shape index (κ1) is 33.0. The number of methoxy groups -OCH3 is 1. The first-order chi connectivity index (χ1) is 20.1. The van der Waals surface area contributed by atoms with Gasteiger partial charge in [0.15, 0.2) is 5.60 Å². The molecule has 236 valence electrons. The Balaban J connectivity index is 1.60. The summed E-state index contributed by atoms with van der Waals surface area (Å²) in [6, 6.07) is 7.60. The zero-order valence-corrected chi connectivity index (χ0v) is 25.2. The van der Waals surface area contributed by atoms with Crippen LogP contribution in [-0.4, -0.2) is 63.3 Å². The maximum absolute atomic E-state index is 15.0. The second-order valence-corrected chi connectivity index (χ2v) is 13.9. The number of alkyl halides is 3. The maximum Gasteiger partial charge on any atom is 0.420 e. The van der Waals surface area contributed by atoms with E-state index in [1.165, 1.54) is 12.1 Å². The van der Waals surface area contributed by atoms with Crippen LogP contribution in [0.15, 0.2) is 42.7 Å². The summed E-state index contributed by atoms with van der Waals surface area (Å²) in [5.74, 6) is -0.336. The van der Waals surface area contributed by atoms with Crippen molar-refractivity contribution in [2.24, 2.45) is 5.92 Å². The van der Waals surface area contributed by atoms with E-state index in [1.807, 2.05) is 20.8 Å². The number of hydrogen-bond acceptors (Lipinski definition) is 7. The fourth-order valence-corrected chi connectivity index (χ4v) is 5.98. The number of rotatable bonds is 9. The molecule has 2 unspecified atom stereocenters. The summed E-state index contributed by atoms with van der Waals surface area (Å²) in [7, 11) is 0.896. The first-order valence-corrected chi connectivity index (χ1v) is 15.0. The standard InChI is InChI=1S/C29H36F4N4O5S/c1-26(2,3)43(40)36-28(12-9-19-5-6-19,20-10-14-34-15-11-20)21-7-8-22(30)23(17-21)35-24(38)42-25(39)37-16-13-27(18-37,41-4)29(31,32)33/h7-8,10-11,14-15,17,19,36H,5-6,9,12-13,16,18H2,1-4H3,(H,35,38)/t27?,28?,43-/m1/s1. The number of carbonyl (C=O) groups is 2. The highest BCUT2D eigenvalue weighted by Gasteiger charge is 2.60. The molecule has 2 amide bonds.